The average molecular weight is 346 g/mol. The first-order valence-corrected chi connectivity index (χ1v) is 6.31. The number of carbonyl (C=O) groups is 1. The number of aromatic carboxylic acids is 1. The highest BCUT2D eigenvalue weighted by Gasteiger charge is 2.17. The molecule has 0 spiro atoms. The summed E-state index contributed by atoms with van der Waals surface area (Å²) >= 11 is 8.98. The van der Waals surface area contributed by atoms with E-state index >= 15 is 0 Å². The maximum Gasteiger partial charge on any atom is 0.341 e. The van der Waals surface area contributed by atoms with Gasteiger partial charge in [-0.3, -0.25) is 0 Å². The minimum absolute atomic E-state index is 0.0167. The van der Waals surface area contributed by atoms with Crippen molar-refractivity contribution < 1.29 is 19.0 Å². The summed E-state index contributed by atoms with van der Waals surface area (Å²) in [4.78, 5) is 11.1. The number of benzene rings is 2. The van der Waals surface area contributed by atoms with Crippen LogP contribution in [0.4, 0.5) is 4.39 Å². The lowest BCUT2D eigenvalue weighted by Gasteiger charge is -2.10. The molecule has 0 aliphatic carbocycles. The van der Waals surface area contributed by atoms with E-state index in [2.05, 4.69) is 15.9 Å². The number of hydrogen-bond donors (Lipinski definition) is 1. The fourth-order valence-corrected chi connectivity index (χ4v) is 2.06. The van der Waals surface area contributed by atoms with Crippen molar-refractivity contribution in [3.8, 4) is 11.5 Å². The molecular weight excluding hydrogens is 338 g/mol. The molecule has 3 nitrogen and oxygen atoms in total. The lowest BCUT2D eigenvalue weighted by molar-refractivity contribution is 0.0694. The third kappa shape index (κ3) is 3.05. The van der Waals surface area contributed by atoms with Gasteiger partial charge in [0.15, 0.2) is 11.6 Å². The summed E-state index contributed by atoms with van der Waals surface area (Å²) in [6, 6.07) is 8.50. The van der Waals surface area contributed by atoms with Gasteiger partial charge in [0.1, 0.15) is 11.3 Å². The zero-order valence-electron chi connectivity index (χ0n) is 9.36. The fourth-order valence-electron chi connectivity index (χ4n) is 1.47. The molecule has 0 fully saturated rings. The molecule has 2 aromatic rings. The van der Waals surface area contributed by atoms with E-state index in [1.54, 1.807) is 0 Å². The highest BCUT2D eigenvalue weighted by Crippen LogP contribution is 2.32. The van der Waals surface area contributed by atoms with Gasteiger partial charge in [0.2, 0.25) is 0 Å². The Morgan fingerprint density at radius 3 is 2.68 bits per heavy atom. The van der Waals surface area contributed by atoms with Crippen LogP contribution < -0.4 is 4.74 Å². The zero-order valence-corrected chi connectivity index (χ0v) is 11.7. The Labute approximate surface area is 121 Å². The molecule has 1 N–H and O–H groups in total. The third-order valence-electron chi connectivity index (χ3n) is 2.30. The van der Waals surface area contributed by atoms with Crippen molar-refractivity contribution in [3.63, 3.8) is 0 Å². The van der Waals surface area contributed by atoms with Crippen molar-refractivity contribution in [1.29, 1.82) is 0 Å². The van der Waals surface area contributed by atoms with Gasteiger partial charge in [-0.25, -0.2) is 9.18 Å². The van der Waals surface area contributed by atoms with E-state index < -0.39 is 11.8 Å². The summed E-state index contributed by atoms with van der Waals surface area (Å²) in [7, 11) is 0. The Morgan fingerprint density at radius 1 is 1.26 bits per heavy atom. The van der Waals surface area contributed by atoms with Crippen LogP contribution in [0.25, 0.3) is 0 Å². The molecule has 0 heterocycles. The van der Waals surface area contributed by atoms with E-state index in [-0.39, 0.29) is 22.1 Å². The van der Waals surface area contributed by atoms with Crippen molar-refractivity contribution in [2.75, 3.05) is 0 Å². The Morgan fingerprint density at radius 2 is 2.00 bits per heavy atom. The molecule has 6 heteroatoms. The topological polar surface area (TPSA) is 46.5 Å². The predicted molar refractivity (Wildman–Crippen MR) is 72.6 cm³/mol. The van der Waals surface area contributed by atoms with Crippen LogP contribution in [0.2, 0.25) is 5.02 Å². The highest BCUT2D eigenvalue weighted by atomic mass is 79.9. The SMILES string of the molecule is O=C(O)c1c(Cl)cccc1Oc1cc(Br)ccc1F. The quantitative estimate of drug-likeness (QED) is 0.874. The first kappa shape index (κ1) is 13.8. The smallest absolute Gasteiger partial charge is 0.341 e. The lowest BCUT2D eigenvalue weighted by atomic mass is 10.2. The maximum absolute atomic E-state index is 13.6. The fraction of sp³-hybridized carbons (Fsp3) is 0. The van der Waals surface area contributed by atoms with Gasteiger partial charge < -0.3 is 9.84 Å². The maximum atomic E-state index is 13.6. The van der Waals surface area contributed by atoms with Crippen molar-refractivity contribution >= 4 is 33.5 Å². The van der Waals surface area contributed by atoms with Crippen LogP contribution in [-0.2, 0) is 0 Å². The van der Waals surface area contributed by atoms with Crippen LogP contribution in [0.1, 0.15) is 10.4 Å². The van der Waals surface area contributed by atoms with Gasteiger partial charge in [0.05, 0.1) is 5.02 Å². The minimum Gasteiger partial charge on any atom is -0.478 e. The van der Waals surface area contributed by atoms with Gasteiger partial charge >= 0.3 is 5.97 Å². The molecule has 0 atom stereocenters. The molecule has 0 amide bonds. The van der Waals surface area contributed by atoms with Crippen LogP contribution in [0.5, 0.6) is 11.5 Å². The molecule has 0 aromatic heterocycles. The number of ether oxygens (including phenoxy) is 1. The van der Waals surface area contributed by atoms with E-state index in [0.29, 0.717) is 4.47 Å². The number of carboxylic acid groups (broad SMARTS) is 1. The first-order valence-electron chi connectivity index (χ1n) is 5.13. The van der Waals surface area contributed by atoms with E-state index in [0.717, 1.165) is 0 Å². The van der Waals surface area contributed by atoms with Crippen LogP contribution >= 0.6 is 27.5 Å². The molecule has 0 saturated heterocycles. The van der Waals surface area contributed by atoms with Crippen molar-refractivity contribution in [2.45, 2.75) is 0 Å². The van der Waals surface area contributed by atoms with Crippen LogP contribution in [0, 0.1) is 5.82 Å². The van der Waals surface area contributed by atoms with Crippen molar-refractivity contribution in [1.82, 2.24) is 0 Å². The van der Waals surface area contributed by atoms with Crippen LogP contribution in [0.3, 0.4) is 0 Å². The molecule has 0 bridgehead atoms. The molecule has 0 saturated carbocycles. The number of rotatable bonds is 3. The zero-order chi connectivity index (χ0) is 14.0. The molecule has 0 aliphatic rings. The second-order valence-electron chi connectivity index (χ2n) is 3.59. The summed E-state index contributed by atoms with van der Waals surface area (Å²) in [5.41, 5.74) is -0.205. The molecule has 2 rings (SSSR count). The van der Waals surface area contributed by atoms with E-state index in [1.165, 1.54) is 36.4 Å². The average Bonchev–Trinajstić information content (AvgIpc) is 2.33. The molecule has 98 valence electrons. The van der Waals surface area contributed by atoms with Gasteiger partial charge in [0, 0.05) is 4.47 Å². The second kappa shape index (κ2) is 5.59. The molecule has 0 radical (unpaired) electrons. The van der Waals surface area contributed by atoms with E-state index in [9.17, 15) is 9.18 Å². The summed E-state index contributed by atoms with van der Waals surface area (Å²) in [5, 5.41) is 9.11. The van der Waals surface area contributed by atoms with Crippen molar-refractivity contribution in [2.24, 2.45) is 0 Å². The second-order valence-corrected chi connectivity index (χ2v) is 4.92. The molecule has 19 heavy (non-hydrogen) atoms. The van der Waals surface area contributed by atoms with Gasteiger partial charge in [0.25, 0.3) is 0 Å². The molecular formula is C13H7BrClFO3. The monoisotopic (exact) mass is 344 g/mol. The van der Waals surface area contributed by atoms with Gasteiger partial charge in [-0.15, -0.1) is 0 Å². The van der Waals surface area contributed by atoms with Crippen LogP contribution in [0.15, 0.2) is 40.9 Å². The van der Waals surface area contributed by atoms with Gasteiger partial charge in [-0.2, -0.15) is 0 Å². The standard InChI is InChI=1S/C13H7BrClFO3/c14-7-4-5-9(16)11(6-7)19-10-3-1-2-8(15)12(10)13(17)18/h1-6H,(H,17,18). The Bertz CT molecular complexity index is 646. The third-order valence-corrected chi connectivity index (χ3v) is 3.11. The number of halogens is 3. The lowest BCUT2D eigenvalue weighted by Crippen LogP contribution is -2.01. The van der Waals surface area contributed by atoms with E-state index in [4.69, 9.17) is 21.4 Å². The molecule has 0 aliphatic heterocycles. The summed E-state index contributed by atoms with van der Waals surface area (Å²) in [6.45, 7) is 0. The van der Waals surface area contributed by atoms with Crippen molar-refractivity contribution in [3.05, 3.63) is 57.3 Å². The Balaban J connectivity index is 2.46. The Hall–Kier alpha value is -1.59. The van der Waals surface area contributed by atoms with Crippen LogP contribution in [-0.4, -0.2) is 11.1 Å². The van der Waals surface area contributed by atoms with Gasteiger partial charge in [-0.1, -0.05) is 33.6 Å². The molecule has 0 unspecified atom stereocenters. The summed E-state index contributed by atoms with van der Waals surface area (Å²) < 4.78 is 19.5. The van der Waals surface area contributed by atoms with Gasteiger partial charge in [-0.05, 0) is 30.3 Å². The highest BCUT2D eigenvalue weighted by molar-refractivity contribution is 9.10. The first-order chi connectivity index (χ1) is 8.99. The van der Waals surface area contributed by atoms with E-state index in [1.807, 2.05) is 0 Å². The normalized spacial score (nSPS) is 10.3. The summed E-state index contributed by atoms with van der Waals surface area (Å²) in [6.07, 6.45) is 0. The predicted octanol–water partition coefficient (Wildman–Crippen LogP) is 4.73. The Kier molecular flexibility index (Phi) is 4.07. The molecule has 2 aromatic carbocycles. The summed E-state index contributed by atoms with van der Waals surface area (Å²) in [5.74, 6) is -1.94. The minimum atomic E-state index is -1.24. The largest absolute Gasteiger partial charge is 0.478 e. The number of hydrogen-bond acceptors (Lipinski definition) is 2. The number of carboxylic acids is 1.